The van der Waals surface area contributed by atoms with Gasteiger partial charge in [0.2, 0.25) is 11.8 Å². The predicted octanol–water partition coefficient (Wildman–Crippen LogP) is 10.9. The summed E-state index contributed by atoms with van der Waals surface area (Å²) in [4.78, 5) is 64.2. The van der Waals surface area contributed by atoms with Gasteiger partial charge in [0.25, 0.3) is 16.0 Å². The van der Waals surface area contributed by atoms with E-state index < -0.39 is 25.9 Å². The van der Waals surface area contributed by atoms with Crippen molar-refractivity contribution in [3.8, 4) is 17.2 Å². The van der Waals surface area contributed by atoms with Gasteiger partial charge in [0.05, 0.1) is 19.9 Å². The summed E-state index contributed by atoms with van der Waals surface area (Å²) in [6.07, 6.45) is 9.90. The average molecular weight is 1140 g/mol. The van der Waals surface area contributed by atoms with Crippen molar-refractivity contribution in [3.05, 3.63) is 136 Å². The molecule has 3 atom stereocenters. The normalized spacial score (nSPS) is 16.8. The van der Waals surface area contributed by atoms with Crippen LogP contribution in [0.4, 0.5) is 22.7 Å². The van der Waals surface area contributed by atoms with Crippen LogP contribution in [-0.2, 0) is 61.2 Å². The Balaban J connectivity index is 0.890. The standard InChI is InChI=1S/C61H69N5O11S3/c1-8-62-77-25-14-13-19-53(67)57(80(71,72)74-7)23-26-78-79-61(3,4)24-22-58(68)63-45-29-40(37-75-54-35-52-49(27-39(54)2)60(70)66-47(36-64(52)5)32-44-16-10-12-18-51(44)66)28-41(30-45)38-76-56-33-42-20-21-46-31-43-15-9-11-17-50(43)65(46)59(69)48(42)34-55(56)73-6/h8-12,15-18,27-30,33-35,46-47,57H,13-14,19-26,31-32,37-38H2,1-7H3,(H,63,68)/t46-,47+,57?/m1/s1. The molecule has 0 spiro atoms. The minimum Gasteiger partial charge on any atom is -0.493 e. The Morgan fingerprint density at radius 3 is 2.25 bits per heavy atom. The number of para-hydroxylation sites is 2. The van der Waals surface area contributed by atoms with E-state index in [2.05, 4.69) is 28.8 Å². The number of carbonyl (C=O) groups is 4. The summed E-state index contributed by atoms with van der Waals surface area (Å²) in [5.74, 6) is 1.14. The smallest absolute Gasteiger partial charge is 0.277 e. The largest absolute Gasteiger partial charge is 0.493 e. The molecule has 0 aromatic heterocycles. The molecule has 9 rings (SSSR count). The minimum atomic E-state index is -4.09. The van der Waals surface area contributed by atoms with Gasteiger partial charge in [-0.3, -0.25) is 23.4 Å². The SMILES string of the molecule is CC=NOCCCCC(=O)C(CCSSC(C)(C)CCC(=O)Nc1cc(COc2cc3c(cc2C)C(=O)N2c4ccccc4C[C@H]2[C-]=[N+]3C)cc(COc2cc3c(cc2OC)C(=O)N2c4ccccc4C[C@H]2CC3)c1)S(=O)(=O)OC. The summed E-state index contributed by atoms with van der Waals surface area (Å²) in [7, 11) is 3.43. The number of unbranched alkanes of at least 4 members (excludes halogenated alkanes) is 1. The monoisotopic (exact) mass is 1140 g/mol. The molecule has 16 nitrogen and oxygen atoms in total. The van der Waals surface area contributed by atoms with Crippen LogP contribution in [0.5, 0.6) is 17.2 Å². The van der Waals surface area contributed by atoms with Crippen LogP contribution in [0.3, 0.4) is 0 Å². The molecule has 0 bridgehead atoms. The van der Waals surface area contributed by atoms with Gasteiger partial charge in [-0.2, -0.15) is 8.42 Å². The Morgan fingerprint density at radius 2 is 1.54 bits per heavy atom. The molecule has 1 N–H and O–H groups in total. The number of hydrogen-bond acceptors (Lipinski definition) is 14. The maximum atomic E-state index is 14.2. The van der Waals surface area contributed by atoms with Crippen LogP contribution in [-0.4, -0.2) is 105 Å². The number of nitrogens with one attached hydrogen (secondary N) is 1. The van der Waals surface area contributed by atoms with Crippen LogP contribution >= 0.6 is 21.6 Å². The van der Waals surface area contributed by atoms with Crippen LogP contribution in [0.1, 0.15) is 120 Å². The van der Waals surface area contributed by atoms with Gasteiger partial charge in [0.1, 0.15) is 37.9 Å². The Kier molecular flexibility index (Phi) is 18.4. The van der Waals surface area contributed by atoms with Crippen molar-refractivity contribution in [2.24, 2.45) is 5.16 Å². The zero-order valence-electron chi connectivity index (χ0n) is 46.4. The zero-order valence-corrected chi connectivity index (χ0v) is 48.8. The molecule has 19 heteroatoms. The number of benzene rings is 5. The van der Waals surface area contributed by atoms with Gasteiger partial charge in [-0.15, -0.1) is 0 Å². The lowest BCUT2D eigenvalue weighted by Crippen LogP contribution is -2.38. The molecule has 422 valence electrons. The van der Waals surface area contributed by atoms with Gasteiger partial charge in [0.15, 0.2) is 17.3 Å². The summed E-state index contributed by atoms with van der Waals surface area (Å²) < 4.78 is 50.8. The molecule has 80 heavy (non-hydrogen) atoms. The maximum Gasteiger partial charge on any atom is 0.277 e. The van der Waals surface area contributed by atoms with Gasteiger partial charge >= 0.3 is 0 Å². The van der Waals surface area contributed by atoms with Gasteiger partial charge in [0, 0.05) is 76.0 Å². The molecule has 0 saturated carbocycles. The molecular formula is C61H69N5O11S3. The number of methoxy groups -OCH3 is 1. The molecular weight excluding hydrogens is 1070 g/mol. The number of fused-ring (bicyclic) bond motifs is 8. The zero-order chi connectivity index (χ0) is 56.7. The third-order valence-corrected chi connectivity index (χ3v) is 20.0. The van der Waals surface area contributed by atoms with Crippen molar-refractivity contribution in [2.75, 3.05) is 48.7 Å². The van der Waals surface area contributed by atoms with Gasteiger partial charge in [-0.1, -0.05) is 69.2 Å². The number of aryl methyl sites for hydroxylation is 2. The molecule has 1 unspecified atom stereocenters. The van der Waals surface area contributed by atoms with Crippen LogP contribution < -0.4 is 29.3 Å². The number of carbonyl (C=O) groups excluding carboxylic acids is 4. The van der Waals surface area contributed by atoms with Crippen LogP contribution in [0.15, 0.2) is 96.2 Å². The summed E-state index contributed by atoms with van der Waals surface area (Å²) in [6.45, 7) is 8.26. The fraction of sp³-hybridized carbons (Fsp3) is 0.410. The van der Waals surface area contributed by atoms with Gasteiger partial charge in [-0.25, -0.2) is 0 Å². The van der Waals surface area contributed by atoms with E-state index in [-0.39, 0.29) is 62.3 Å². The highest BCUT2D eigenvalue weighted by atomic mass is 33.1. The molecule has 5 aromatic rings. The Morgan fingerprint density at radius 1 is 0.850 bits per heavy atom. The second-order valence-electron chi connectivity index (χ2n) is 21.1. The fourth-order valence-corrected chi connectivity index (χ4v) is 14.7. The average Bonchev–Trinajstić information content (AvgIpc) is 4.01. The lowest BCUT2D eigenvalue weighted by Gasteiger charge is -2.23. The molecule has 4 aliphatic heterocycles. The van der Waals surface area contributed by atoms with Gasteiger partial charge < -0.3 is 38.7 Å². The number of oxime groups is 1. The first-order valence-electron chi connectivity index (χ1n) is 27.1. The number of nitrogens with zero attached hydrogens (tertiary/aromatic N) is 4. The van der Waals surface area contributed by atoms with Crippen LogP contribution in [0, 0.1) is 6.92 Å². The first-order chi connectivity index (χ1) is 38.5. The van der Waals surface area contributed by atoms with Crippen LogP contribution in [0.25, 0.3) is 0 Å². The molecule has 0 saturated heterocycles. The van der Waals surface area contributed by atoms with E-state index in [0.717, 1.165) is 59.1 Å². The van der Waals surface area contributed by atoms with Crippen molar-refractivity contribution in [1.29, 1.82) is 0 Å². The fourth-order valence-electron chi connectivity index (χ4n) is 10.8. The first kappa shape index (κ1) is 58.0. The first-order valence-corrected chi connectivity index (χ1v) is 30.9. The van der Waals surface area contributed by atoms with Crippen molar-refractivity contribution < 1.29 is 55.4 Å². The van der Waals surface area contributed by atoms with E-state index in [9.17, 15) is 27.6 Å². The highest BCUT2D eigenvalue weighted by molar-refractivity contribution is 8.77. The quantitative estimate of drug-likeness (QED) is 0.0111. The van der Waals surface area contributed by atoms with Gasteiger partial charge in [-0.05, 0) is 161 Å². The summed E-state index contributed by atoms with van der Waals surface area (Å²) in [5, 5.41) is 5.53. The highest BCUT2D eigenvalue weighted by Crippen LogP contribution is 2.43. The van der Waals surface area contributed by atoms with Crippen molar-refractivity contribution >= 4 is 90.4 Å². The maximum absolute atomic E-state index is 14.2. The van der Waals surface area contributed by atoms with E-state index in [1.54, 1.807) is 20.1 Å². The number of ketones is 1. The lowest BCUT2D eigenvalue weighted by molar-refractivity contribution is -0.401. The highest BCUT2D eigenvalue weighted by Gasteiger charge is 2.39. The van der Waals surface area contributed by atoms with E-state index in [1.807, 2.05) is 115 Å². The molecule has 4 heterocycles. The number of rotatable bonds is 25. The lowest BCUT2D eigenvalue weighted by atomic mass is 9.99. The van der Waals surface area contributed by atoms with E-state index >= 15 is 0 Å². The van der Waals surface area contributed by atoms with Crippen molar-refractivity contribution in [3.63, 3.8) is 0 Å². The Labute approximate surface area is 477 Å². The second-order valence-corrected chi connectivity index (χ2v) is 26.1. The topological polar surface area (TPSA) is 182 Å². The third kappa shape index (κ3) is 13.2. The Bertz CT molecular complexity index is 3340. The van der Waals surface area contributed by atoms with E-state index in [0.29, 0.717) is 84.2 Å². The summed E-state index contributed by atoms with van der Waals surface area (Å²) in [5.41, 5.74) is 9.68. The minimum absolute atomic E-state index is 0.0545. The summed E-state index contributed by atoms with van der Waals surface area (Å²) in [6, 6.07) is 29.0. The molecule has 3 amide bonds. The number of ether oxygens (including phenoxy) is 3. The number of anilines is 3. The molecule has 5 aromatic carbocycles. The summed E-state index contributed by atoms with van der Waals surface area (Å²) >= 11 is 0. The number of hydrogen-bond donors (Lipinski definition) is 1. The molecule has 0 radical (unpaired) electrons. The van der Waals surface area contributed by atoms with E-state index in [4.69, 9.17) is 23.2 Å². The number of Topliss-reactive ketones (excluding diaryl/α,β-unsaturated/α-hetero) is 1. The second kappa shape index (κ2) is 25.4. The van der Waals surface area contributed by atoms with Crippen LogP contribution in [0.2, 0.25) is 0 Å². The predicted molar refractivity (Wildman–Crippen MR) is 315 cm³/mol. The molecule has 4 aliphatic rings. The van der Waals surface area contributed by atoms with E-state index in [1.165, 1.54) is 33.4 Å². The molecule has 0 aliphatic carbocycles. The van der Waals surface area contributed by atoms with Crippen molar-refractivity contribution in [2.45, 2.75) is 127 Å². The third-order valence-electron chi connectivity index (χ3n) is 14.9. The van der Waals surface area contributed by atoms with Crippen molar-refractivity contribution in [1.82, 2.24) is 0 Å². The number of amides is 3. The molecule has 0 fully saturated rings. The Hall–Kier alpha value is -6.67.